The minimum atomic E-state index is -0.0557. The standard InChI is InChI=1S/C23H29N5O2/c1-3-26(4-2)16-17-30-19-12-10-18(11-13-19)23(29)27-15-7-8-20(27)22-25-24-21-9-5-6-14-28(21)22/h5-6,9-14,20H,3-4,7-8,15-17H2,1-2H3/t20-/m1/s1. The second-order valence-corrected chi connectivity index (χ2v) is 7.54. The predicted molar refractivity (Wildman–Crippen MR) is 116 cm³/mol. The van der Waals surface area contributed by atoms with E-state index in [4.69, 9.17) is 4.74 Å². The number of benzene rings is 1. The molecule has 7 nitrogen and oxygen atoms in total. The van der Waals surface area contributed by atoms with E-state index in [1.165, 1.54) is 0 Å². The number of carbonyl (C=O) groups excluding carboxylic acids is 1. The number of aromatic nitrogens is 3. The Kier molecular flexibility index (Phi) is 6.28. The van der Waals surface area contributed by atoms with E-state index in [0.29, 0.717) is 12.2 Å². The lowest BCUT2D eigenvalue weighted by Crippen LogP contribution is -2.31. The highest BCUT2D eigenvalue weighted by Gasteiger charge is 2.33. The lowest BCUT2D eigenvalue weighted by molar-refractivity contribution is 0.0729. The van der Waals surface area contributed by atoms with Gasteiger partial charge in [-0.1, -0.05) is 19.9 Å². The number of hydrogen-bond acceptors (Lipinski definition) is 5. The molecule has 0 saturated carbocycles. The first-order valence-electron chi connectivity index (χ1n) is 10.8. The van der Waals surface area contributed by atoms with Gasteiger partial charge in [-0.3, -0.25) is 9.20 Å². The highest BCUT2D eigenvalue weighted by Crippen LogP contribution is 2.32. The second kappa shape index (κ2) is 9.26. The summed E-state index contributed by atoms with van der Waals surface area (Å²) in [6.45, 7) is 8.61. The topological polar surface area (TPSA) is 63.0 Å². The summed E-state index contributed by atoms with van der Waals surface area (Å²) < 4.78 is 7.82. The van der Waals surface area contributed by atoms with E-state index >= 15 is 0 Å². The van der Waals surface area contributed by atoms with Crippen LogP contribution in [-0.2, 0) is 0 Å². The maximum atomic E-state index is 13.2. The molecule has 0 N–H and O–H groups in total. The van der Waals surface area contributed by atoms with Crippen molar-refractivity contribution in [2.75, 3.05) is 32.8 Å². The van der Waals surface area contributed by atoms with E-state index in [9.17, 15) is 4.79 Å². The SMILES string of the molecule is CCN(CC)CCOc1ccc(C(=O)N2CCC[C@@H]2c2nnc3ccccn23)cc1. The Morgan fingerprint density at radius 3 is 2.70 bits per heavy atom. The number of amides is 1. The molecule has 0 radical (unpaired) electrons. The number of fused-ring (bicyclic) bond motifs is 1. The first kappa shape index (κ1) is 20.3. The molecule has 0 spiro atoms. The number of ether oxygens (including phenoxy) is 1. The van der Waals surface area contributed by atoms with Gasteiger partial charge in [-0.25, -0.2) is 0 Å². The van der Waals surface area contributed by atoms with E-state index < -0.39 is 0 Å². The summed E-state index contributed by atoms with van der Waals surface area (Å²) in [6, 6.07) is 13.2. The van der Waals surface area contributed by atoms with Crippen molar-refractivity contribution in [2.24, 2.45) is 0 Å². The maximum Gasteiger partial charge on any atom is 0.254 e. The first-order valence-corrected chi connectivity index (χ1v) is 10.8. The molecule has 7 heteroatoms. The van der Waals surface area contributed by atoms with E-state index in [1.54, 1.807) is 0 Å². The molecule has 0 aliphatic carbocycles. The van der Waals surface area contributed by atoms with E-state index in [2.05, 4.69) is 28.9 Å². The molecule has 1 atom stereocenters. The quantitative estimate of drug-likeness (QED) is 0.573. The molecule has 1 aliphatic heterocycles. The number of nitrogens with zero attached hydrogens (tertiary/aromatic N) is 5. The van der Waals surface area contributed by atoms with E-state index in [1.807, 2.05) is 58.0 Å². The molecule has 4 rings (SSSR count). The Hall–Kier alpha value is -2.93. The van der Waals surface area contributed by atoms with Crippen molar-refractivity contribution in [1.82, 2.24) is 24.4 Å². The van der Waals surface area contributed by atoms with Crippen LogP contribution in [0.2, 0.25) is 0 Å². The molecular weight excluding hydrogens is 378 g/mol. The summed E-state index contributed by atoms with van der Waals surface area (Å²) in [5.74, 6) is 1.65. The van der Waals surface area contributed by atoms with Crippen LogP contribution < -0.4 is 4.74 Å². The van der Waals surface area contributed by atoms with Crippen molar-refractivity contribution < 1.29 is 9.53 Å². The number of pyridine rings is 1. The van der Waals surface area contributed by atoms with Crippen molar-refractivity contribution in [3.05, 3.63) is 60.0 Å². The Morgan fingerprint density at radius 2 is 1.93 bits per heavy atom. The number of rotatable bonds is 8. The lowest BCUT2D eigenvalue weighted by atomic mass is 10.1. The van der Waals surface area contributed by atoms with Crippen molar-refractivity contribution in [1.29, 1.82) is 0 Å². The van der Waals surface area contributed by atoms with Gasteiger partial charge in [-0.05, 0) is 62.3 Å². The Labute approximate surface area is 177 Å². The molecule has 1 amide bonds. The molecule has 3 heterocycles. The van der Waals surface area contributed by atoms with Gasteiger partial charge in [0, 0.05) is 24.8 Å². The molecule has 2 aromatic heterocycles. The molecule has 0 bridgehead atoms. The highest BCUT2D eigenvalue weighted by molar-refractivity contribution is 5.94. The van der Waals surface area contributed by atoms with Crippen LogP contribution in [0, 0.1) is 0 Å². The largest absolute Gasteiger partial charge is 0.492 e. The summed E-state index contributed by atoms with van der Waals surface area (Å²) in [4.78, 5) is 17.4. The molecule has 158 valence electrons. The van der Waals surface area contributed by atoms with Gasteiger partial charge < -0.3 is 14.5 Å². The van der Waals surface area contributed by atoms with Gasteiger partial charge in [0.25, 0.3) is 5.91 Å². The zero-order valence-electron chi connectivity index (χ0n) is 17.7. The zero-order valence-corrected chi connectivity index (χ0v) is 17.7. The highest BCUT2D eigenvalue weighted by atomic mass is 16.5. The summed E-state index contributed by atoms with van der Waals surface area (Å²) in [5.41, 5.74) is 1.48. The molecule has 3 aromatic rings. The molecule has 1 saturated heterocycles. The van der Waals surface area contributed by atoms with Crippen LogP contribution in [0.1, 0.15) is 48.9 Å². The van der Waals surface area contributed by atoms with Crippen molar-refractivity contribution in [3.8, 4) is 5.75 Å². The summed E-state index contributed by atoms with van der Waals surface area (Å²) in [5, 5.41) is 8.62. The van der Waals surface area contributed by atoms with Gasteiger partial charge in [0.2, 0.25) is 0 Å². The molecule has 1 fully saturated rings. The number of likely N-dealkylation sites (tertiary alicyclic amines) is 1. The van der Waals surface area contributed by atoms with Gasteiger partial charge in [-0.15, -0.1) is 10.2 Å². The molecular formula is C23H29N5O2. The lowest BCUT2D eigenvalue weighted by Gasteiger charge is -2.23. The fourth-order valence-electron chi connectivity index (χ4n) is 4.06. The molecule has 30 heavy (non-hydrogen) atoms. The number of carbonyl (C=O) groups is 1. The molecule has 1 aromatic carbocycles. The zero-order chi connectivity index (χ0) is 20.9. The summed E-state index contributed by atoms with van der Waals surface area (Å²) in [6.07, 6.45) is 3.81. The van der Waals surface area contributed by atoms with Crippen molar-refractivity contribution >= 4 is 11.6 Å². The van der Waals surface area contributed by atoms with Crippen molar-refractivity contribution in [2.45, 2.75) is 32.7 Å². The van der Waals surface area contributed by atoms with Crippen LogP contribution in [0.5, 0.6) is 5.75 Å². The van der Waals surface area contributed by atoms with Gasteiger partial charge >= 0.3 is 0 Å². The summed E-state index contributed by atoms with van der Waals surface area (Å²) >= 11 is 0. The van der Waals surface area contributed by atoms with Crippen LogP contribution in [0.15, 0.2) is 48.7 Å². The van der Waals surface area contributed by atoms with Gasteiger partial charge in [0.05, 0.1) is 6.04 Å². The fraction of sp³-hybridized carbons (Fsp3) is 0.435. The third-order valence-electron chi connectivity index (χ3n) is 5.82. The van der Waals surface area contributed by atoms with E-state index in [0.717, 1.165) is 56.2 Å². The third kappa shape index (κ3) is 4.16. The monoisotopic (exact) mass is 407 g/mol. The van der Waals surface area contributed by atoms with Crippen LogP contribution in [0.25, 0.3) is 5.65 Å². The Bertz CT molecular complexity index is 981. The minimum Gasteiger partial charge on any atom is -0.492 e. The smallest absolute Gasteiger partial charge is 0.254 e. The fourth-order valence-corrected chi connectivity index (χ4v) is 4.06. The second-order valence-electron chi connectivity index (χ2n) is 7.54. The normalized spacial score (nSPS) is 16.5. The maximum absolute atomic E-state index is 13.2. The van der Waals surface area contributed by atoms with Crippen LogP contribution >= 0.6 is 0 Å². The van der Waals surface area contributed by atoms with Gasteiger partial charge in [0.15, 0.2) is 11.5 Å². The number of likely N-dealkylation sites (N-methyl/N-ethyl adjacent to an activating group) is 1. The van der Waals surface area contributed by atoms with Crippen LogP contribution in [0.4, 0.5) is 0 Å². The van der Waals surface area contributed by atoms with E-state index in [-0.39, 0.29) is 11.9 Å². The van der Waals surface area contributed by atoms with Gasteiger partial charge in [0.1, 0.15) is 12.4 Å². The van der Waals surface area contributed by atoms with Crippen LogP contribution in [-0.4, -0.2) is 63.1 Å². The minimum absolute atomic E-state index is 0.0277. The number of hydrogen-bond donors (Lipinski definition) is 0. The third-order valence-corrected chi connectivity index (χ3v) is 5.82. The summed E-state index contributed by atoms with van der Waals surface area (Å²) in [7, 11) is 0. The molecule has 1 aliphatic rings. The van der Waals surface area contributed by atoms with Gasteiger partial charge in [-0.2, -0.15) is 0 Å². The first-order chi connectivity index (χ1) is 14.7. The predicted octanol–water partition coefficient (Wildman–Crippen LogP) is 3.43. The Morgan fingerprint density at radius 1 is 1.13 bits per heavy atom. The average molecular weight is 408 g/mol. The Balaban J connectivity index is 1.43. The average Bonchev–Trinajstić information content (AvgIpc) is 3.43. The van der Waals surface area contributed by atoms with Crippen LogP contribution in [0.3, 0.4) is 0 Å². The van der Waals surface area contributed by atoms with Crippen molar-refractivity contribution in [3.63, 3.8) is 0 Å². The molecule has 0 unspecified atom stereocenters.